The fraction of sp³-hybridized carbons (Fsp3) is 0.400. The first-order valence-electron chi connectivity index (χ1n) is 6.97. The molecule has 2 aromatic rings. The molecule has 0 unspecified atom stereocenters. The zero-order valence-corrected chi connectivity index (χ0v) is 11.4. The lowest BCUT2D eigenvalue weighted by molar-refractivity contribution is 0.296. The maximum Gasteiger partial charge on any atom is 0.165 e. The monoisotopic (exact) mass is 273 g/mol. The highest BCUT2D eigenvalue weighted by Gasteiger charge is 2.13. The lowest BCUT2D eigenvalue weighted by Crippen LogP contribution is -2.19. The van der Waals surface area contributed by atoms with E-state index < -0.39 is 0 Å². The third kappa shape index (κ3) is 3.11. The molecule has 1 N–H and O–H groups in total. The van der Waals surface area contributed by atoms with Crippen LogP contribution in [-0.4, -0.2) is 29.3 Å². The molecule has 0 spiro atoms. The van der Waals surface area contributed by atoms with Crippen molar-refractivity contribution in [2.45, 2.75) is 19.5 Å². The second-order valence-corrected chi connectivity index (χ2v) is 4.77. The van der Waals surface area contributed by atoms with E-state index in [0.717, 1.165) is 56.3 Å². The number of nitrogens with one attached hydrogen (secondary N) is 1. The molecule has 1 aromatic carbocycles. The third-order valence-electron chi connectivity index (χ3n) is 3.27. The van der Waals surface area contributed by atoms with Crippen LogP contribution in [0.2, 0.25) is 0 Å². The molecule has 5 heteroatoms. The van der Waals surface area contributed by atoms with Gasteiger partial charge in [-0.3, -0.25) is 0 Å². The summed E-state index contributed by atoms with van der Waals surface area (Å²) in [7, 11) is 0. The summed E-state index contributed by atoms with van der Waals surface area (Å²) < 4.78 is 13.5. The van der Waals surface area contributed by atoms with Crippen LogP contribution < -0.4 is 14.8 Å². The Hall–Kier alpha value is -2.01. The van der Waals surface area contributed by atoms with E-state index >= 15 is 0 Å². The van der Waals surface area contributed by atoms with Gasteiger partial charge in [-0.2, -0.15) is 0 Å². The number of aromatic nitrogens is 2. The number of fused-ring (bicyclic) bond motifs is 1. The van der Waals surface area contributed by atoms with Gasteiger partial charge >= 0.3 is 0 Å². The topological polar surface area (TPSA) is 48.3 Å². The van der Waals surface area contributed by atoms with Crippen LogP contribution in [0.1, 0.15) is 12.0 Å². The van der Waals surface area contributed by atoms with Crippen LogP contribution in [0.5, 0.6) is 11.5 Å². The molecule has 0 saturated carbocycles. The Bertz CT molecular complexity index is 540. The van der Waals surface area contributed by atoms with Crippen LogP contribution >= 0.6 is 0 Å². The maximum atomic E-state index is 5.80. The first-order valence-corrected chi connectivity index (χ1v) is 6.97. The van der Waals surface area contributed by atoms with Gasteiger partial charge in [0.25, 0.3) is 0 Å². The summed E-state index contributed by atoms with van der Waals surface area (Å²) in [6.07, 6.45) is 6.52. The Morgan fingerprint density at radius 3 is 3.10 bits per heavy atom. The quantitative estimate of drug-likeness (QED) is 0.844. The molecule has 20 heavy (non-hydrogen) atoms. The number of imidazole rings is 1. The first-order chi connectivity index (χ1) is 9.93. The normalized spacial score (nSPS) is 14.0. The minimum Gasteiger partial charge on any atom is -0.490 e. The van der Waals surface area contributed by atoms with Crippen LogP contribution in [-0.2, 0) is 13.1 Å². The fourth-order valence-electron chi connectivity index (χ4n) is 2.24. The summed E-state index contributed by atoms with van der Waals surface area (Å²) >= 11 is 0. The predicted molar refractivity (Wildman–Crippen MR) is 76.0 cm³/mol. The highest BCUT2D eigenvalue weighted by atomic mass is 16.5. The zero-order chi connectivity index (χ0) is 13.6. The average Bonchev–Trinajstić information content (AvgIpc) is 2.87. The lowest BCUT2D eigenvalue weighted by atomic mass is 10.2. The SMILES string of the molecule is c1cc(CNCCn2ccnc2)c2c(c1)OCCCO2. The van der Waals surface area contributed by atoms with Crippen LogP contribution in [0.3, 0.4) is 0 Å². The second-order valence-electron chi connectivity index (χ2n) is 4.77. The van der Waals surface area contributed by atoms with Crippen molar-refractivity contribution in [1.82, 2.24) is 14.9 Å². The number of ether oxygens (including phenoxy) is 2. The van der Waals surface area contributed by atoms with Gasteiger partial charge in [-0.05, 0) is 6.07 Å². The van der Waals surface area contributed by atoms with Crippen molar-refractivity contribution in [3.8, 4) is 11.5 Å². The first kappa shape index (κ1) is 13.0. The van der Waals surface area contributed by atoms with Gasteiger partial charge in [0, 0.05) is 44.0 Å². The second kappa shape index (κ2) is 6.43. The maximum absolute atomic E-state index is 5.80. The summed E-state index contributed by atoms with van der Waals surface area (Å²) in [4.78, 5) is 4.03. The van der Waals surface area contributed by atoms with Crippen molar-refractivity contribution in [3.05, 3.63) is 42.5 Å². The van der Waals surface area contributed by atoms with Gasteiger partial charge < -0.3 is 19.4 Å². The van der Waals surface area contributed by atoms with E-state index in [-0.39, 0.29) is 0 Å². The number of para-hydroxylation sites is 1. The molecule has 1 aromatic heterocycles. The Morgan fingerprint density at radius 2 is 2.20 bits per heavy atom. The van der Waals surface area contributed by atoms with E-state index in [1.165, 1.54) is 0 Å². The summed E-state index contributed by atoms with van der Waals surface area (Å²) in [5.41, 5.74) is 1.15. The van der Waals surface area contributed by atoms with Crippen LogP contribution in [0.15, 0.2) is 36.9 Å². The predicted octanol–water partition coefficient (Wildman–Crippen LogP) is 1.83. The Morgan fingerprint density at radius 1 is 1.25 bits per heavy atom. The minimum atomic E-state index is 0.721. The van der Waals surface area contributed by atoms with Crippen LogP contribution in [0.4, 0.5) is 0 Å². The Kier molecular flexibility index (Phi) is 4.18. The molecule has 0 fully saturated rings. The average molecular weight is 273 g/mol. The smallest absolute Gasteiger partial charge is 0.165 e. The van der Waals surface area contributed by atoms with Crippen molar-refractivity contribution in [3.63, 3.8) is 0 Å². The van der Waals surface area contributed by atoms with Crippen molar-refractivity contribution in [2.75, 3.05) is 19.8 Å². The Balaban J connectivity index is 1.57. The van der Waals surface area contributed by atoms with Crippen molar-refractivity contribution < 1.29 is 9.47 Å². The molecule has 2 heterocycles. The van der Waals surface area contributed by atoms with E-state index in [4.69, 9.17) is 9.47 Å². The largest absolute Gasteiger partial charge is 0.490 e. The molecule has 0 aliphatic carbocycles. The number of benzene rings is 1. The molecular formula is C15H19N3O2. The van der Waals surface area contributed by atoms with Gasteiger partial charge in [0.2, 0.25) is 0 Å². The highest BCUT2D eigenvalue weighted by Crippen LogP contribution is 2.32. The standard InChI is InChI=1S/C15H19N3O2/c1-3-13(11-16-5-7-18-8-6-17-12-18)15-14(4-1)19-9-2-10-20-15/h1,3-4,6,8,12,16H,2,5,7,9-11H2. The molecule has 0 saturated heterocycles. The number of hydrogen-bond donors (Lipinski definition) is 1. The molecule has 5 nitrogen and oxygen atoms in total. The van der Waals surface area contributed by atoms with Gasteiger partial charge in [-0.1, -0.05) is 12.1 Å². The van der Waals surface area contributed by atoms with E-state index in [0.29, 0.717) is 0 Å². The van der Waals surface area contributed by atoms with E-state index in [2.05, 4.69) is 20.9 Å². The molecule has 1 aliphatic heterocycles. The number of hydrogen-bond acceptors (Lipinski definition) is 4. The molecule has 0 amide bonds. The lowest BCUT2D eigenvalue weighted by Gasteiger charge is -2.13. The van der Waals surface area contributed by atoms with Crippen LogP contribution in [0, 0.1) is 0 Å². The van der Waals surface area contributed by atoms with Crippen molar-refractivity contribution >= 4 is 0 Å². The molecular weight excluding hydrogens is 254 g/mol. The summed E-state index contributed by atoms with van der Waals surface area (Å²) in [6, 6.07) is 6.06. The minimum absolute atomic E-state index is 0.721. The molecule has 3 rings (SSSR count). The number of nitrogens with zero attached hydrogens (tertiary/aromatic N) is 2. The van der Waals surface area contributed by atoms with Gasteiger partial charge in [0.15, 0.2) is 11.5 Å². The van der Waals surface area contributed by atoms with Crippen molar-refractivity contribution in [1.29, 1.82) is 0 Å². The third-order valence-corrected chi connectivity index (χ3v) is 3.27. The Labute approximate surface area is 118 Å². The van der Waals surface area contributed by atoms with E-state index in [1.807, 2.05) is 24.7 Å². The van der Waals surface area contributed by atoms with Gasteiger partial charge in [0.05, 0.1) is 19.5 Å². The molecule has 0 bridgehead atoms. The summed E-state index contributed by atoms with van der Waals surface area (Å²) in [5.74, 6) is 1.75. The summed E-state index contributed by atoms with van der Waals surface area (Å²) in [5, 5.41) is 3.43. The zero-order valence-electron chi connectivity index (χ0n) is 11.4. The van der Waals surface area contributed by atoms with Crippen molar-refractivity contribution in [2.24, 2.45) is 0 Å². The fourth-order valence-corrected chi connectivity index (χ4v) is 2.24. The summed E-state index contributed by atoms with van der Waals surface area (Å²) in [6.45, 7) is 4.03. The molecule has 1 aliphatic rings. The van der Waals surface area contributed by atoms with Crippen LogP contribution in [0.25, 0.3) is 0 Å². The molecule has 0 radical (unpaired) electrons. The van der Waals surface area contributed by atoms with Gasteiger partial charge in [0.1, 0.15) is 0 Å². The van der Waals surface area contributed by atoms with Gasteiger partial charge in [-0.15, -0.1) is 0 Å². The highest BCUT2D eigenvalue weighted by molar-refractivity contribution is 5.46. The number of rotatable bonds is 5. The van der Waals surface area contributed by atoms with Gasteiger partial charge in [-0.25, -0.2) is 4.98 Å². The molecule has 0 atom stereocenters. The van der Waals surface area contributed by atoms with E-state index in [9.17, 15) is 0 Å². The molecule has 106 valence electrons. The van der Waals surface area contributed by atoms with E-state index in [1.54, 1.807) is 6.20 Å².